The quantitative estimate of drug-likeness (QED) is 0.661. The molecule has 2 aliphatic rings. The molecule has 0 unspecified atom stereocenters. The Hall–Kier alpha value is -3.06. The number of fused-ring (bicyclic) bond motifs is 1. The molecule has 0 aliphatic carbocycles. The highest BCUT2D eigenvalue weighted by molar-refractivity contribution is 6.39. The summed E-state index contributed by atoms with van der Waals surface area (Å²) in [6, 6.07) is 12.2. The molecule has 0 bridgehead atoms. The minimum absolute atomic E-state index is 0.0512. The molecule has 0 saturated carbocycles. The Morgan fingerprint density at radius 1 is 1.03 bits per heavy atom. The molecule has 33 heavy (non-hydrogen) atoms. The van der Waals surface area contributed by atoms with Gasteiger partial charge in [-0.3, -0.25) is 14.5 Å². The average Bonchev–Trinajstić information content (AvgIpc) is 3.34. The topological polar surface area (TPSA) is 73.9 Å². The van der Waals surface area contributed by atoms with Crippen LogP contribution in [0.25, 0.3) is 0 Å². The Balaban J connectivity index is 1.46. The number of carbonyl (C=O) groups excluding carboxylic acids is 2. The predicted molar refractivity (Wildman–Crippen MR) is 131 cm³/mol. The Morgan fingerprint density at radius 3 is 2.58 bits per heavy atom. The number of ether oxygens (including phenoxy) is 1. The summed E-state index contributed by atoms with van der Waals surface area (Å²) < 4.78 is 5.30. The highest BCUT2D eigenvalue weighted by Gasteiger charge is 2.26. The van der Waals surface area contributed by atoms with Crippen molar-refractivity contribution in [3.05, 3.63) is 53.1 Å². The molecule has 1 saturated heterocycles. The van der Waals surface area contributed by atoms with Gasteiger partial charge in [-0.15, -0.1) is 0 Å². The first kappa shape index (κ1) is 23.1. The Bertz CT molecular complexity index is 1020. The van der Waals surface area contributed by atoms with E-state index in [2.05, 4.69) is 45.7 Å². The summed E-state index contributed by atoms with van der Waals surface area (Å²) >= 11 is 0. The molecule has 2 heterocycles. The number of benzene rings is 2. The van der Waals surface area contributed by atoms with E-state index in [0.29, 0.717) is 18.0 Å². The fourth-order valence-electron chi connectivity index (χ4n) is 4.89. The zero-order valence-corrected chi connectivity index (χ0v) is 19.8. The van der Waals surface area contributed by atoms with Crippen LogP contribution < -0.4 is 20.3 Å². The lowest BCUT2D eigenvalue weighted by Crippen LogP contribution is -2.41. The molecule has 7 nitrogen and oxygen atoms in total. The summed E-state index contributed by atoms with van der Waals surface area (Å²) in [7, 11) is 3.68. The van der Waals surface area contributed by atoms with Gasteiger partial charge in [0, 0.05) is 25.8 Å². The number of aryl methyl sites for hydroxylation is 2. The number of rotatable bonds is 6. The van der Waals surface area contributed by atoms with E-state index in [9.17, 15) is 9.59 Å². The van der Waals surface area contributed by atoms with Crippen LogP contribution in [0.1, 0.15) is 42.0 Å². The van der Waals surface area contributed by atoms with Crippen LogP contribution in [0, 0.1) is 6.92 Å². The maximum absolute atomic E-state index is 12.7. The molecule has 4 rings (SSSR count). The van der Waals surface area contributed by atoms with Gasteiger partial charge in [-0.05, 0) is 80.6 Å². The van der Waals surface area contributed by atoms with E-state index in [0.717, 1.165) is 50.9 Å². The van der Waals surface area contributed by atoms with Gasteiger partial charge in [0.25, 0.3) is 0 Å². The van der Waals surface area contributed by atoms with Crippen LogP contribution in [0.5, 0.6) is 5.75 Å². The van der Waals surface area contributed by atoms with Crippen molar-refractivity contribution in [2.75, 3.05) is 50.6 Å². The van der Waals surface area contributed by atoms with Crippen LogP contribution in [0.4, 0.5) is 11.4 Å². The van der Waals surface area contributed by atoms with Gasteiger partial charge in [0.15, 0.2) is 0 Å². The number of nitrogens with zero attached hydrogens (tertiary/aromatic N) is 2. The van der Waals surface area contributed by atoms with Crippen molar-refractivity contribution >= 4 is 23.2 Å². The number of amides is 2. The monoisotopic (exact) mass is 450 g/mol. The van der Waals surface area contributed by atoms with Crippen molar-refractivity contribution in [3.63, 3.8) is 0 Å². The normalized spacial score (nSPS) is 16.8. The van der Waals surface area contributed by atoms with Gasteiger partial charge in [0.1, 0.15) is 5.75 Å². The van der Waals surface area contributed by atoms with Crippen LogP contribution in [0.2, 0.25) is 0 Å². The van der Waals surface area contributed by atoms with Crippen molar-refractivity contribution in [2.24, 2.45) is 0 Å². The maximum atomic E-state index is 12.7. The molecule has 2 N–H and O–H groups in total. The van der Waals surface area contributed by atoms with Crippen molar-refractivity contribution in [1.29, 1.82) is 0 Å². The average molecular weight is 451 g/mol. The second-order valence-electron chi connectivity index (χ2n) is 9.04. The van der Waals surface area contributed by atoms with Gasteiger partial charge in [-0.1, -0.05) is 18.2 Å². The fraction of sp³-hybridized carbons (Fsp3) is 0.462. The standard InChI is InChI=1S/C26H34N4O3/c1-18-8-11-24(33-3)21(15-18)28-26(32)25(31)27-17-23(30-13-4-5-14-30)20-9-10-22-19(16-20)7-6-12-29(22)2/h8-11,15-16,23H,4-7,12-14,17H2,1-3H3,(H,27,31)(H,28,32)/t23-/m1/s1. The SMILES string of the molecule is COc1ccc(C)cc1NC(=O)C(=O)NC[C@H](c1ccc2c(c1)CCCN2C)N1CCCC1. The van der Waals surface area contributed by atoms with Crippen molar-refractivity contribution in [2.45, 2.75) is 38.6 Å². The third-order valence-corrected chi connectivity index (χ3v) is 6.69. The van der Waals surface area contributed by atoms with Crippen LogP contribution in [0.15, 0.2) is 36.4 Å². The third kappa shape index (κ3) is 5.30. The first-order chi connectivity index (χ1) is 16.0. The number of methoxy groups -OCH3 is 1. The van der Waals surface area contributed by atoms with Gasteiger partial charge in [0.05, 0.1) is 18.8 Å². The predicted octanol–water partition coefficient (Wildman–Crippen LogP) is 3.28. The fourth-order valence-corrected chi connectivity index (χ4v) is 4.89. The smallest absolute Gasteiger partial charge is 0.313 e. The molecular weight excluding hydrogens is 416 g/mol. The van der Waals surface area contributed by atoms with E-state index in [1.54, 1.807) is 12.1 Å². The molecule has 0 spiro atoms. The molecule has 1 atom stereocenters. The summed E-state index contributed by atoms with van der Waals surface area (Å²) in [6.45, 7) is 5.41. The largest absolute Gasteiger partial charge is 0.495 e. The number of nitrogens with one attached hydrogen (secondary N) is 2. The zero-order chi connectivity index (χ0) is 23.4. The third-order valence-electron chi connectivity index (χ3n) is 6.69. The molecule has 7 heteroatoms. The second-order valence-corrected chi connectivity index (χ2v) is 9.04. The van der Waals surface area contributed by atoms with Gasteiger partial charge < -0.3 is 20.3 Å². The molecule has 2 amide bonds. The maximum Gasteiger partial charge on any atom is 0.313 e. The first-order valence-electron chi connectivity index (χ1n) is 11.8. The highest BCUT2D eigenvalue weighted by Crippen LogP contribution is 2.32. The second kappa shape index (κ2) is 10.3. The van der Waals surface area contributed by atoms with Crippen LogP contribution in [-0.4, -0.2) is 57.1 Å². The van der Waals surface area contributed by atoms with Crippen molar-refractivity contribution in [3.8, 4) is 5.75 Å². The molecule has 2 aliphatic heterocycles. The van der Waals surface area contributed by atoms with E-state index in [4.69, 9.17) is 4.74 Å². The van der Waals surface area contributed by atoms with E-state index >= 15 is 0 Å². The lowest BCUT2D eigenvalue weighted by Gasteiger charge is -2.31. The van der Waals surface area contributed by atoms with E-state index < -0.39 is 11.8 Å². The van der Waals surface area contributed by atoms with Gasteiger partial charge in [-0.2, -0.15) is 0 Å². The zero-order valence-electron chi connectivity index (χ0n) is 19.8. The number of likely N-dealkylation sites (tertiary alicyclic amines) is 1. The molecule has 1 fully saturated rings. The molecule has 2 aromatic carbocycles. The minimum atomic E-state index is -0.689. The van der Waals surface area contributed by atoms with Crippen molar-refractivity contribution in [1.82, 2.24) is 10.2 Å². The molecular formula is C26H34N4O3. The van der Waals surface area contributed by atoms with E-state index in [1.165, 1.54) is 23.9 Å². The molecule has 2 aromatic rings. The molecule has 0 radical (unpaired) electrons. The highest BCUT2D eigenvalue weighted by atomic mass is 16.5. The van der Waals surface area contributed by atoms with Crippen LogP contribution >= 0.6 is 0 Å². The molecule has 176 valence electrons. The van der Waals surface area contributed by atoms with Gasteiger partial charge >= 0.3 is 11.8 Å². The lowest BCUT2D eigenvalue weighted by molar-refractivity contribution is -0.136. The van der Waals surface area contributed by atoms with Crippen molar-refractivity contribution < 1.29 is 14.3 Å². The van der Waals surface area contributed by atoms with E-state index in [1.807, 2.05) is 13.0 Å². The number of hydrogen-bond donors (Lipinski definition) is 2. The minimum Gasteiger partial charge on any atom is -0.495 e. The van der Waals surface area contributed by atoms with Crippen LogP contribution in [0.3, 0.4) is 0 Å². The number of carbonyl (C=O) groups is 2. The summed E-state index contributed by atoms with van der Waals surface area (Å²) in [5.74, 6) is -0.803. The van der Waals surface area contributed by atoms with Gasteiger partial charge in [0.2, 0.25) is 0 Å². The molecule has 0 aromatic heterocycles. The van der Waals surface area contributed by atoms with Crippen LogP contribution in [-0.2, 0) is 16.0 Å². The first-order valence-corrected chi connectivity index (χ1v) is 11.8. The number of hydrogen-bond acceptors (Lipinski definition) is 5. The van der Waals surface area contributed by atoms with E-state index in [-0.39, 0.29) is 6.04 Å². The summed E-state index contributed by atoms with van der Waals surface area (Å²) in [4.78, 5) is 30.0. The summed E-state index contributed by atoms with van der Waals surface area (Å²) in [5.41, 5.74) is 5.32. The van der Waals surface area contributed by atoms with Gasteiger partial charge in [-0.25, -0.2) is 0 Å². The summed E-state index contributed by atoms with van der Waals surface area (Å²) in [5, 5.41) is 5.56. The Labute approximate surface area is 196 Å². The Kier molecular flexibility index (Phi) is 7.18. The summed E-state index contributed by atoms with van der Waals surface area (Å²) in [6.07, 6.45) is 4.55. The lowest BCUT2D eigenvalue weighted by atomic mass is 9.96. The number of anilines is 2. The Morgan fingerprint density at radius 2 is 1.82 bits per heavy atom.